The van der Waals surface area contributed by atoms with E-state index in [9.17, 15) is 19.8 Å². The molecule has 0 rings (SSSR count). The Labute approximate surface area is 469 Å². The van der Waals surface area contributed by atoms with Crippen molar-refractivity contribution >= 4 is 11.9 Å². The highest BCUT2D eigenvalue weighted by Gasteiger charge is 2.20. The molecule has 0 aromatic rings. The van der Waals surface area contributed by atoms with Crippen LogP contribution < -0.4 is 5.32 Å². The van der Waals surface area contributed by atoms with Crippen LogP contribution in [0.5, 0.6) is 0 Å². The van der Waals surface area contributed by atoms with Crippen LogP contribution in [0.25, 0.3) is 0 Å². The van der Waals surface area contributed by atoms with Crippen molar-refractivity contribution < 1.29 is 24.5 Å². The zero-order valence-electron chi connectivity index (χ0n) is 50.8. The van der Waals surface area contributed by atoms with Gasteiger partial charge in [0.05, 0.1) is 25.4 Å². The molecule has 3 N–H and O–H groups in total. The first kappa shape index (κ1) is 73.3. The summed E-state index contributed by atoms with van der Waals surface area (Å²) in [6.45, 7) is 4.95. The molecule has 444 valence electrons. The van der Waals surface area contributed by atoms with Gasteiger partial charge in [-0.3, -0.25) is 9.59 Å². The number of rotatable bonds is 64. The molecule has 0 aromatic carbocycles. The third-order valence-corrected chi connectivity index (χ3v) is 16.0. The molecule has 0 saturated heterocycles. The molecule has 0 heterocycles. The van der Waals surface area contributed by atoms with Crippen molar-refractivity contribution in [3.63, 3.8) is 0 Å². The van der Waals surface area contributed by atoms with E-state index in [0.717, 1.165) is 83.5 Å². The predicted molar refractivity (Wildman–Crippen MR) is 329 cm³/mol. The lowest BCUT2D eigenvalue weighted by Crippen LogP contribution is -2.45. The summed E-state index contributed by atoms with van der Waals surface area (Å²) in [4.78, 5) is 24.6. The maximum absolute atomic E-state index is 12.5. The van der Waals surface area contributed by atoms with Crippen LogP contribution in [0.1, 0.15) is 380 Å². The Balaban J connectivity index is 3.46. The van der Waals surface area contributed by atoms with Crippen LogP contribution in [0.4, 0.5) is 0 Å². The minimum Gasteiger partial charge on any atom is -0.466 e. The van der Waals surface area contributed by atoms with Crippen LogP contribution in [-0.2, 0) is 14.3 Å². The second-order valence-corrected chi connectivity index (χ2v) is 23.5. The van der Waals surface area contributed by atoms with Crippen molar-refractivity contribution in [1.29, 1.82) is 0 Å². The number of amides is 1. The number of unbranched alkanes of at least 4 members (excludes halogenated alkanes) is 49. The maximum Gasteiger partial charge on any atom is 0.305 e. The van der Waals surface area contributed by atoms with E-state index in [1.807, 2.05) is 0 Å². The van der Waals surface area contributed by atoms with Crippen molar-refractivity contribution in [1.82, 2.24) is 5.32 Å². The Bertz CT molecular complexity index is 1170. The molecule has 0 bridgehead atoms. The molecule has 6 nitrogen and oxygen atoms in total. The number of hydrogen-bond acceptors (Lipinski definition) is 5. The van der Waals surface area contributed by atoms with Gasteiger partial charge in [-0.25, -0.2) is 0 Å². The number of carbonyl (C=O) groups excluding carboxylic acids is 2. The number of allylic oxidation sites excluding steroid dienone is 4. The molecule has 0 spiro atoms. The summed E-state index contributed by atoms with van der Waals surface area (Å²) in [5.74, 6) is -0.0571. The highest BCUT2D eigenvalue weighted by molar-refractivity contribution is 5.76. The predicted octanol–water partition coefficient (Wildman–Crippen LogP) is 21.8. The van der Waals surface area contributed by atoms with Crippen LogP contribution in [0.2, 0.25) is 0 Å². The number of ether oxygens (including phenoxy) is 1. The van der Waals surface area contributed by atoms with Gasteiger partial charge >= 0.3 is 5.97 Å². The van der Waals surface area contributed by atoms with Crippen molar-refractivity contribution in [2.24, 2.45) is 0 Å². The lowest BCUT2D eigenvalue weighted by atomic mass is 10.0. The zero-order valence-corrected chi connectivity index (χ0v) is 50.8. The molecule has 0 fully saturated rings. The van der Waals surface area contributed by atoms with E-state index >= 15 is 0 Å². The first-order chi connectivity index (χ1) is 37.0. The van der Waals surface area contributed by atoms with E-state index < -0.39 is 12.1 Å². The van der Waals surface area contributed by atoms with Crippen molar-refractivity contribution in [3.05, 3.63) is 24.3 Å². The van der Waals surface area contributed by atoms with Gasteiger partial charge in [0.1, 0.15) is 0 Å². The van der Waals surface area contributed by atoms with Gasteiger partial charge in [-0.05, 0) is 64.2 Å². The van der Waals surface area contributed by atoms with E-state index in [2.05, 4.69) is 43.5 Å². The summed E-state index contributed by atoms with van der Waals surface area (Å²) in [6, 6.07) is -0.555. The molecule has 0 aliphatic rings. The monoisotopic (exact) mass is 1060 g/mol. The molecule has 75 heavy (non-hydrogen) atoms. The number of esters is 1. The number of hydrogen-bond donors (Lipinski definition) is 3. The smallest absolute Gasteiger partial charge is 0.305 e. The normalized spacial score (nSPS) is 12.6. The lowest BCUT2D eigenvalue weighted by Gasteiger charge is -2.22. The van der Waals surface area contributed by atoms with Crippen LogP contribution in [0.15, 0.2) is 24.3 Å². The molecule has 1 amide bonds. The second-order valence-electron chi connectivity index (χ2n) is 23.5. The van der Waals surface area contributed by atoms with Crippen LogP contribution in [-0.4, -0.2) is 47.4 Å². The van der Waals surface area contributed by atoms with Crippen molar-refractivity contribution in [2.75, 3.05) is 13.2 Å². The molecule has 2 atom stereocenters. The average molecular weight is 1060 g/mol. The fourth-order valence-electron chi connectivity index (χ4n) is 10.8. The lowest BCUT2D eigenvalue weighted by molar-refractivity contribution is -0.143. The molecule has 0 aliphatic carbocycles. The summed E-state index contributed by atoms with van der Waals surface area (Å²) in [7, 11) is 0. The molecular weight excluding hydrogens is 923 g/mol. The van der Waals surface area contributed by atoms with E-state index in [1.165, 1.54) is 263 Å². The standard InChI is InChI=1S/C69H133NO5/c1-3-5-7-9-11-13-15-17-19-21-22-23-24-25-26-27-30-33-37-41-45-49-53-57-61-67(72)66(65-71)70-68(73)62-58-54-50-46-42-38-34-31-28-32-36-40-44-48-52-56-60-64-75-69(74)63-59-55-51-47-43-39-35-29-20-18-16-14-12-10-8-6-4-2/h28,32,40,44,66-67,71-72H,3-27,29-31,33-39,41-43,45-65H2,1-2H3,(H,70,73)/b32-28-,44-40-. The SMILES string of the molecule is CCCCCCCCCCCCCCCCCCCCCCCCCCC(O)C(CO)NC(=O)CCCCCCCCC/C=C\C/C=C\CCCCCOC(=O)CCCCCCCCCCCCCCCCCCC. The number of aliphatic hydroxyl groups is 2. The molecule has 0 aliphatic heterocycles. The zero-order chi connectivity index (χ0) is 54.3. The van der Waals surface area contributed by atoms with Gasteiger partial charge in [0.25, 0.3) is 0 Å². The van der Waals surface area contributed by atoms with Crippen LogP contribution in [0, 0.1) is 0 Å². The van der Waals surface area contributed by atoms with Gasteiger partial charge in [0.2, 0.25) is 5.91 Å². The van der Waals surface area contributed by atoms with Crippen molar-refractivity contribution in [3.8, 4) is 0 Å². The largest absolute Gasteiger partial charge is 0.466 e. The van der Waals surface area contributed by atoms with Gasteiger partial charge in [0.15, 0.2) is 0 Å². The summed E-state index contributed by atoms with van der Waals surface area (Å²) in [5, 5.41) is 23.4. The first-order valence-corrected chi connectivity index (χ1v) is 34.1. The Kier molecular flexibility index (Phi) is 63.4. The summed E-state index contributed by atoms with van der Waals surface area (Å²) < 4.78 is 5.47. The summed E-state index contributed by atoms with van der Waals surface area (Å²) in [5.41, 5.74) is 0. The topological polar surface area (TPSA) is 95.9 Å². The Morgan fingerprint density at radius 2 is 0.667 bits per heavy atom. The van der Waals surface area contributed by atoms with Crippen LogP contribution >= 0.6 is 0 Å². The summed E-state index contributed by atoms with van der Waals surface area (Å²) in [6.07, 6.45) is 80.7. The molecule has 0 radical (unpaired) electrons. The van der Waals surface area contributed by atoms with Crippen molar-refractivity contribution in [2.45, 2.75) is 392 Å². The highest BCUT2D eigenvalue weighted by atomic mass is 16.5. The second kappa shape index (κ2) is 64.9. The van der Waals surface area contributed by atoms with E-state index in [0.29, 0.717) is 25.9 Å². The van der Waals surface area contributed by atoms with Gasteiger partial charge in [-0.2, -0.15) is 0 Å². The minimum absolute atomic E-state index is 0.0104. The van der Waals surface area contributed by atoms with Gasteiger partial charge in [-0.15, -0.1) is 0 Å². The van der Waals surface area contributed by atoms with Gasteiger partial charge in [-0.1, -0.05) is 327 Å². The number of carbonyl (C=O) groups is 2. The molecule has 6 heteroatoms. The van der Waals surface area contributed by atoms with Gasteiger partial charge < -0.3 is 20.3 Å². The summed E-state index contributed by atoms with van der Waals surface area (Å²) >= 11 is 0. The quantitative estimate of drug-likeness (QED) is 0.0320. The van der Waals surface area contributed by atoms with E-state index in [1.54, 1.807) is 0 Å². The van der Waals surface area contributed by atoms with Gasteiger partial charge in [0, 0.05) is 12.8 Å². The number of nitrogens with one attached hydrogen (secondary N) is 1. The Morgan fingerprint density at radius 3 is 1.01 bits per heavy atom. The highest BCUT2D eigenvalue weighted by Crippen LogP contribution is 2.19. The third kappa shape index (κ3) is 61.4. The Morgan fingerprint density at radius 1 is 0.373 bits per heavy atom. The fourth-order valence-corrected chi connectivity index (χ4v) is 10.8. The van der Waals surface area contributed by atoms with E-state index in [-0.39, 0.29) is 18.5 Å². The molecule has 0 saturated carbocycles. The molecule has 2 unspecified atom stereocenters. The Hall–Kier alpha value is -1.66. The fraction of sp³-hybridized carbons (Fsp3) is 0.913. The minimum atomic E-state index is -0.676. The maximum atomic E-state index is 12.5. The van der Waals surface area contributed by atoms with Crippen LogP contribution in [0.3, 0.4) is 0 Å². The average Bonchev–Trinajstić information content (AvgIpc) is 3.41. The number of aliphatic hydroxyl groups excluding tert-OH is 2. The molecular formula is C69H133NO5. The molecule has 0 aromatic heterocycles. The first-order valence-electron chi connectivity index (χ1n) is 34.1. The third-order valence-electron chi connectivity index (χ3n) is 16.0. The van der Waals surface area contributed by atoms with E-state index in [4.69, 9.17) is 4.74 Å².